The topological polar surface area (TPSA) is 56.0 Å². The van der Waals surface area contributed by atoms with E-state index in [4.69, 9.17) is 5.26 Å². The minimum atomic E-state index is -0.653. The fraction of sp³-hybridized carbons (Fsp3) is 0.643. The van der Waals surface area contributed by atoms with Gasteiger partial charge in [-0.3, -0.25) is 0 Å². The fourth-order valence-electron chi connectivity index (χ4n) is 1.67. The first-order valence-corrected chi connectivity index (χ1v) is 7.21. The third-order valence-corrected chi connectivity index (χ3v) is 3.78. The molecule has 2 N–H and O–H groups in total. The highest BCUT2D eigenvalue weighted by atomic mass is 32.1. The Hall–Kier alpha value is -0.890. The normalized spacial score (nSPS) is 14.4. The van der Waals surface area contributed by atoms with Crippen molar-refractivity contribution in [2.75, 3.05) is 6.54 Å². The van der Waals surface area contributed by atoms with Crippen molar-refractivity contribution in [1.82, 2.24) is 5.32 Å². The highest BCUT2D eigenvalue weighted by Gasteiger charge is 2.19. The molecule has 100 valence electrons. The summed E-state index contributed by atoms with van der Waals surface area (Å²) in [6, 6.07) is 4.01. The molecule has 1 aromatic heterocycles. The van der Waals surface area contributed by atoms with Gasteiger partial charge in [0.2, 0.25) is 0 Å². The van der Waals surface area contributed by atoms with E-state index < -0.39 is 5.60 Å². The van der Waals surface area contributed by atoms with Crippen LogP contribution in [0.15, 0.2) is 11.4 Å². The molecule has 0 aromatic carbocycles. The third-order valence-electron chi connectivity index (χ3n) is 2.85. The van der Waals surface area contributed by atoms with Crippen LogP contribution < -0.4 is 5.32 Å². The number of aliphatic hydroxyl groups is 1. The first-order valence-electron chi connectivity index (χ1n) is 6.33. The molecule has 4 heteroatoms. The van der Waals surface area contributed by atoms with E-state index >= 15 is 0 Å². The Labute approximate surface area is 113 Å². The standard InChI is InChI=1S/C14H22N2OS/c1-11(2)4-5-14(3,17)10-16-8-13-6-12(7-15)9-18-13/h6,9,11,16-17H,4-5,8,10H2,1-3H3. The minimum absolute atomic E-state index is 0.583. The second-order valence-electron chi connectivity index (χ2n) is 5.45. The van der Waals surface area contributed by atoms with E-state index in [9.17, 15) is 5.11 Å². The van der Waals surface area contributed by atoms with Gasteiger partial charge in [0.05, 0.1) is 11.2 Å². The Balaban J connectivity index is 2.30. The maximum Gasteiger partial charge on any atom is 0.100 e. The zero-order chi connectivity index (χ0) is 13.6. The summed E-state index contributed by atoms with van der Waals surface area (Å²) in [7, 11) is 0. The van der Waals surface area contributed by atoms with E-state index in [1.807, 2.05) is 18.4 Å². The zero-order valence-corrected chi connectivity index (χ0v) is 12.2. The number of thiophene rings is 1. The summed E-state index contributed by atoms with van der Waals surface area (Å²) in [5, 5.41) is 24.0. The monoisotopic (exact) mass is 266 g/mol. The first kappa shape index (κ1) is 15.2. The molecule has 18 heavy (non-hydrogen) atoms. The van der Waals surface area contributed by atoms with Crippen molar-refractivity contribution in [3.63, 3.8) is 0 Å². The summed E-state index contributed by atoms with van der Waals surface area (Å²) >= 11 is 1.58. The van der Waals surface area contributed by atoms with Crippen LogP contribution in [0.2, 0.25) is 0 Å². The van der Waals surface area contributed by atoms with Crippen LogP contribution in [0.3, 0.4) is 0 Å². The van der Waals surface area contributed by atoms with Crippen LogP contribution in [0, 0.1) is 17.2 Å². The van der Waals surface area contributed by atoms with Crippen molar-refractivity contribution in [2.45, 2.75) is 45.8 Å². The fourth-order valence-corrected chi connectivity index (χ4v) is 2.45. The predicted molar refractivity (Wildman–Crippen MR) is 75.4 cm³/mol. The van der Waals surface area contributed by atoms with Crippen LogP contribution >= 0.6 is 11.3 Å². The molecule has 0 aliphatic rings. The summed E-state index contributed by atoms with van der Waals surface area (Å²) in [5.74, 6) is 0.618. The van der Waals surface area contributed by atoms with E-state index in [1.54, 1.807) is 11.3 Å². The van der Waals surface area contributed by atoms with Crippen molar-refractivity contribution >= 4 is 11.3 Å². The average molecular weight is 266 g/mol. The molecule has 1 heterocycles. The molecular formula is C14H22N2OS. The van der Waals surface area contributed by atoms with Crippen LogP contribution in [0.4, 0.5) is 0 Å². The summed E-state index contributed by atoms with van der Waals surface area (Å²) < 4.78 is 0. The van der Waals surface area contributed by atoms with E-state index in [0.29, 0.717) is 24.6 Å². The maximum absolute atomic E-state index is 10.2. The molecule has 0 saturated carbocycles. The number of nitriles is 1. The van der Waals surface area contributed by atoms with Gasteiger partial charge in [-0.1, -0.05) is 13.8 Å². The highest BCUT2D eigenvalue weighted by molar-refractivity contribution is 7.10. The van der Waals surface area contributed by atoms with Gasteiger partial charge in [0.15, 0.2) is 0 Å². The molecule has 0 aliphatic heterocycles. The average Bonchev–Trinajstić information content (AvgIpc) is 2.74. The molecule has 1 unspecified atom stereocenters. The smallest absolute Gasteiger partial charge is 0.100 e. The van der Waals surface area contributed by atoms with Gasteiger partial charge in [0, 0.05) is 23.3 Å². The summed E-state index contributed by atoms with van der Waals surface area (Å²) in [6.45, 7) is 7.50. The number of hydrogen-bond acceptors (Lipinski definition) is 4. The second kappa shape index (κ2) is 6.89. The lowest BCUT2D eigenvalue weighted by Crippen LogP contribution is -2.37. The summed E-state index contributed by atoms with van der Waals surface area (Å²) in [6.07, 6.45) is 1.85. The molecule has 3 nitrogen and oxygen atoms in total. The Morgan fingerprint density at radius 3 is 2.83 bits per heavy atom. The predicted octanol–water partition coefficient (Wildman–Crippen LogP) is 2.90. The lowest BCUT2D eigenvalue weighted by Gasteiger charge is -2.24. The summed E-state index contributed by atoms with van der Waals surface area (Å²) in [5.41, 5.74) is 0.0583. The van der Waals surface area contributed by atoms with Crippen molar-refractivity contribution in [3.05, 3.63) is 21.9 Å². The molecule has 0 spiro atoms. The van der Waals surface area contributed by atoms with Crippen LogP contribution in [0.25, 0.3) is 0 Å². The van der Waals surface area contributed by atoms with Gasteiger partial charge < -0.3 is 10.4 Å². The Kier molecular flexibility index (Phi) is 5.80. The molecule has 1 rings (SSSR count). The van der Waals surface area contributed by atoms with Crippen molar-refractivity contribution < 1.29 is 5.11 Å². The lowest BCUT2D eigenvalue weighted by atomic mass is 9.95. The molecule has 0 fully saturated rings. The van der Waals surface area contributed by atoms with E-state index in [2.05, 4.69) is 25.2 Å². The van der Waals surface area contributed by atoms with Gasteiger partial charge in [-0.25, -0.2) is 0 Å². The quantitative estimate of drug-likeness (QED) is 0.798. The SMILES string of the molecule is CC(C)CCC(C)(O)CNCc1cc(C#N)cs1. The zero-order valence-electron chi connectivity index (χ0n) is 11.4. The Bertz CT molecular complexity index is 404. The Morgan fingerprint density at radius 1 is 1.56 bits per heavy atom. The second-order valence-corrected chi connectivity index (χ2v) is 6.44. The molecule has 0 radical (unpaired) electrons. The van der Waals surface area contributed by atoms with Crippen molar-refractivity contribution in [2.24, 2.45) is 5.92 Å². The highest BCUT2D eigenvalue weighted by Crippen LogP contribution is 2.17. The van der Waals surface area contributed by atoms with Crippen LogP contribution in [0.1, 0.15) is 44.1 Å². The van der Waals surface area contributed by atoms with E-state index in [1.165, 1.54) is 0 Å². The maximum atomic E-state index is 10.2. The number of nitrogens with zero attached hydrogens (tertiary/aromatic N) is 1. The van der Waals surface area contributed by atoms with Gasteiger partial charge in [0.1, 0.15) is 6.07 Å². The minimum Gasteiger partial charge on any atom is -0.389 e. The largest absolute Gasteiger partial charge is 0.389 e. The van der Waals surface area contributed by atoms with E-state index in [-0.39, 0.29) is 0 Å². The Morgan fingerprint density at radius 2 is 2.28 bits per heavy atom. The molecule has 0 bridgehead atoms. The van der Waals surface area contributed by atoms with E-state index in [0.717, 1.165) is 17.7 Å². The summed E-state index contributed by atoms with van der Waals surface area (Å²) in [4.78, 5) is 1.13. The molecular weight excluding hydrogens is 244 g/mol. The van der Waals surface area contributed by atoms with Crippen LogP contribution in [-0.2, 0) is 6.54 Å². The van der Waals surface area contributed by atoms with Gasteiger partial charge in [0.25, 0.3) is 0 Å². The molecule has 0 aliphatic carbocycles. The van der Waals surface area contributed by atoms with Gasteiger partial charge in [-0.2, -0.15) is 5.26 Å². The van der Waals surface area contributed by atoms with Crippen LogP contribution in [-0.4, -0.2) is 17.3 Å². The number of nitrogens with one attached hydrogen (secondary N) is 1. The number of hydrogen-bond donors (Lipinski definition) is 2. The molecule has 0 saturated heterocycles. The van der Waals surface area contributed by atoms with Crippen molar-refractivity contribution in [1.29, 1.82) is 5.26 Å². The molecule has 1 aromatic rings. The number of rotatable bonds is 7. The first-order chi connectivity index (χ1) is 8.43. The third kappa shape index (κ3) is 5.63. The lowest BCUT2D eigenvalue weighted by molar-refractivity contribution is 0.0451. The van der Waals surface area contributed by atoms with Crippen LogP contribution in [0.5, 0.6) is 0 Å². The van der Waals surface area contributed by atoms with Crippen molar-refractivity contribution in [3.8, 4) is 6.07 Å². The molecule has 1 atom stereocenters. The van der Waals surface area contributed by atoms with Gasteiger partial charge in [-0.15, -0.1) is 11.3 Å². The van der Waals surface area contributed by atoms with Gasteiger partial charge >= 0.3 is 0 Å². The molecule has 0 amide bonds. The van der Waals surface area contributed by atoms with Gasteiger partial charge in [-0.05, 0) is 31.7 Å².